The van der Waals surface area contributed by atoms with Crippen LogP contribution in [0.2, 0.25) is 0 Å². The summed E-state index contributed by atoms with van der Waals surface area (Å²) in [7, 11) is -2.05. The van der Waals surface area contributed by atoms with Crippen molar-refractivity contribution >= 4 is 16.1 Å². The van der Waals surface area contributed by atoms with Crippen molar-refractivity contribution in [3.05, 3.63) is 65.7 Å². The van der Waals surface area contributed by atoms with Crippen LogP contribution in [-0.2, 0) is 21.3 Å². The summed E-state index contributed by atoms with van der Waals surface area (Å²) in [6.45, 7) is 4.35. The molecule has 8 nitrogen and oxygen atoms in total. The first kappa shape index (κ1) is 28.4. The summed E-state index contributed by atoms with van der Waals surface area (Å²) in [5.74, 6) is 1.49. The number of carboxylic acid groups (broad SMARTS) is 1. The number of sulfonamides is 1. The maximum absolute atomic E-state index is 13.0. The average Bonchev–Trinajstić information content (AvgIpc) is 3.22. The first-order valence-electron chi connectivity index (χ1n) is 13.4. The molecule has 1 saturated heterocycles. The van der Waals surface area contributed by atoms with Gasteiger partial charge in [0.2, 0.25) is 10.0 Å². The lowest BCUT2D eigenvalue weighted by atomic mass is 9.77. The summed E-state index contributed by atoms with van der Waals surface area (Å²) in [5, 5.41) is 10.0. The highest BCUT2D eigenvalue weighted by molar-refractivity contribution is 7.88. The fraction of sp³-hybridized carbons (Fsp3) is 0.552. The highest BCUT2D eigenvalue weighted by Crippen LogP contribution is 2.38. The predicted molar refractivity (Wildman–Crippen MR) is 147 cm³/mol. The van der Waals surface area contributed by atoms with Crippen LogP contribution in [0.5, 0.6) is 5.75 Å². The standard InChI is InChI=1S/C29H40N2O6S/c1-20-16-24(23-8-6-5-7-9-23)12-15-28(20)37-19-27-26(17-21(2)31(27)29(32)33)30(38(4,34)35)18-22-10-13-25(36-3)14-11-22/h5-11,13-14,20-21,24,26-28H,12,15-19H2,1-4H3,(H,32,33)/t20?,21-,24?,26+,27+,28?/m1/s1. The van der Waals surface area contributed by atoms with E-state index >= 15 is 0 Å². The van der Waals surface area contributed by atoms with E-state index in [-0.39, 0.29) is 25.3 Å². The van der Waals surface area contributed by atoms with Gasteiger partial charge >= 0.3 is 6.09 Å². The Balaban J connectivity index is 1.50. The summed E-state index contributed by atoms with van der Waals surface area (Å²) in [6, 6.07) is 16.4. The summed E-state index contributed by atoms with van der Waals surface area (Å²) < 4.78 is 39.1. The summed E-state index contributed by atoms with van der Waals surface area (Å²) >= 11 is 0. The molecule has 38 heavy (non-hydrogen) atoms. The van der Waals surface area contributed by atoms with E-state index in [1.165, 1.54) is 21.0 Å². The fourth-order valence-corrected chi connectivity index (χ4v) is 7.32. The van der Waals surface area contributed by atoms with Gasteiger partial charge in [0.15, 0.2) is 0 Å². The van der Waals surface area contributed by atoms with Crippen molar-refractivity contribution in [2.24, 2.45) is 5.92 Å². The number of amides is 1. The fourth-order valence-electron chi connectivity index (χ4n) is 6.22. The van der Waals surface area contributed by atoms with Crippen LogP contribution in [0.3, 0.4) is 0 Å². The lowest BCUT2D eigenvalue weighted by Crippen LogP contribution is -2.51. The van der Waals surface area contributed by atoms with Crippen molar-refractivity contribution in [3.63, 3.8) is 0 Å². The molecule has 6 atom stereocenters. The van der Waals surface area contributed by atoms with E-state index in [1.807, 2.05) is 25.1 Å². The van der Waals surface area contributed by atoms with Crippen molar-refractivity contribution in [3.8, 4) is 5.75 Å². The van der Waals surface area contributed by atoms with Crippen LogP contribution in [0.1, 0.15) is 56.6 Å². The number of hydrogen-bond acceptors (Lipinski definition) is 5. The molecule has 0 aromatic heterocycles. The Hall–Kier alpha value is -2.62. The van der Waals surface area contributed by atoms with Crippen LogP contribution in [0.4, 0.5) is 4.79 Å². The van der Waals surface area contributed by atoms with Crippen LogP contribution in [0.15, 0.2) is 54.6 Å². The first-order valence-corrected chi connectivity index (χ1v) is 15.2. The minimum atomic E-state index is -3.63. The van der Waals surface area contributed by atoms with Gasteiger partial charge in [0.25, 0.3) is 0 Å². The van der Waals surface area contributed by atoms with Gasteiger partial charge in [-0.1, -0.05) is 49.4 Å². The Kier molecular flexibility index (Phi) is 9.00. The quantitative estimate of drug-likeness (QED) is 0.480. The Morgan fingerprint density at radius 2 is 1.74 bits per heavy atom. The molecular weight excluding hydrogens is 504 g/mol. The molecular formula is C29H40N2O6S. The number of carbonyl (C=O) groups is 1. The normalized spacial score (nSPS) is 28.0. The highest BCUT2D eigenvalue weighted by atomic mass is 32.2. The van der Waals surface area contributed by atoms with Gasteiger partial charge in [-0.15, -0.1) is 0 Å². The van der Waals surface area contributed by atoms with Crippen molar-refractivity contribution in [1.82, 2.24) is 9.21 Å². The van der Waals surface area contributed by atoms with E-state index in [0.29, 0.717) is 24.0 Å². The Morgan fingerprint density at radius 3 is 2.32 bits per heavy atom. The Bertz CT molecular complexity index is 1170. The van der Waals surface area contributed by atoms with Gasteiger partial charge in [0, 0.05) is 18.6 Å². The number of rotatable bonds is 9. The van der Waals surface area contributed by atoms with Crippen LogP contribution >= 0.6 is 0 Å². The molecule has 9 heteroatoms. The van der Waals surface area contributed by atoms with Crippen LogP contribution in [0, 0.1) is 5.92 Å². The van der Waals surface area contributed by atoms with Crippen LogP contribution < -0.4 is 4.74 Å². The third-order valence-electron chi connectivity index (χ3n) is 8.22. The number of ether oxygens (including phenoxy) is 2. The van der Waals surface area contributed by atoms with Crippen molar-refractivity contribution in [2.75, 3.05) is 20.0 Å². The van der Waals surface area contributed by atoms with Gasteiger partial charge in [-0.2, -0.15) is 4.31 Å². The molecule has 1 saturated carbocycles. The van der Waals surface area contributed by atoms with Crippen LogP contribution in [0.25, 0.3) is 0 Å². The second-order valence-corrected chi connectivity index (χ2v) is 12.8. The second kappa shape index (κ2) is 12.1. The first-order chi connectivity index (χ1) is 18.1. The molecule has 3 unspecified atom stereocenters. The van der Waals surface area contributed by atoms with E-state index in [1.54, 1.807) is 19.2 Å². The molecule has 1 aliphatic carbocycles. The van der Waals surface area contributed by atoms with Crippen molar-refractivity contribution < 1.29 is 27.8 Å². The summed E-state index contributed by atoms with van der Waals surface area (Å²) in [4.78, 5) is 13.7. The third-order valence-corrected chi connectivity index (χ3v) is 9.47. The highest BCUT2D eigenvalue weighted by Gasteiger charge is 2.47. The van der Waals surface area contributed by atoms with E-state index < -0.39 is 28.2 Å². The molecule has 208 valence electrons. The second-order valence-electron chi connectivity index (χ2n) is 10.8. The molecule has 0 bridgehead atoms. The molecule has 2 fully saturated rings. The van der Waals surface area contributed by atoms with Gasteiger partial charge in [0.1, 0.15) is 5.75 Å². The molecule has 1 heterocycles. The lowest BCUT2D eigenvalue weighted by Gasteiger charge is -2.37. The molecule has 1 N–H and O–H groups in total. The number of methoxy groups -OCH3 is 1. The third kappa shape index (κ3) is 6.50. The topological polar surface area (TPSA) is 96.4 Å². The molecule has 1 amide bonds. The zero-order valence-electron chi connectivity index (χ0n) is 22.7. The minimum Gasteiger partial charge on any atom is -0.497 e. The molecule has 2 aromatic rings. The molecule has 1 aliphatic heterocycles. The predicted octanol–water partition coefficient (Wildman–Crippen LogP) is 4.96. The van der Waals surface area contributed by atoms with E-state index in [0.717, 1.165) is 24.8 Å². The Morgan fingerprint density at radius 1 is 1.05 bits per heavy atom. The van der Waals surface area contributed by atoms with E-state index in [4.69, 9.17) is 9.47 Å². The number of likely N-dealkylation sites (tertiary alicyclic amines) is 1. The molecule has 0 radical (unpaired) electrons. The smallest absolute Gasteiger partial charge is 0.407 e. The molecule has 2 aromatic carbocycles. The van der Waals surface area contributed by atoms with Crippen LogP contribution in [-0.4, -0.2) is 73.0 Å². The van der Waals surface area contributed by atoms with Crippen molar-refractivity contribution in [1.29, 1.82) is 0 Å². The number of benzene rings is 2. The maximum Gasteiger partial charge on any atom is 0.407 e. The zero-order valence-corrected chi connectivity index (χ0v) is 23.5. The molecule has 2 aliphatic rings. The maximum atomic E-state index is 13.0. The summed E-state index contributed by atoms with van der Waals surface area (Å²) in [6.07, 6.45) is 3.48. The molecule has 0 spiro atoms. The van der Waals surface area contributed by atoms with E-state index in [2.05, 4.69) is 31.2 Å². The van der Waals surface area contributed by atoms with E-state index in [9.17, 15) is 18.3 Å². The lowest BCUT2D eigenvalue weighted by molar-refractivity contribution is -0.0369. The average molecular weight is 545 g/mol. The Labute approximate surface area is 226 Å². The number of hydrogen-bond donors (Lipinski definition) is 1. The largest absolute Gasteiger partial charge is 0.497 e. The van der Waals surface area contributed by atoms with Gasteiger partial charge < -0.3 is 14.6 Å². The summed E-state index contributed by atoms with van der Waals surface area (Å²) in [5.41, 5.74) is 2.16. The minimum absolute atomic E-state index is 0.00966. The van der Waals surface area contributed by atoms with Gasteiger partial charge in [-0.05, 0) is 67.7 Å². The van der Waals surface area contributed by atoms with Gasteiger partial charge in [0.05, 0.1) is 32.1 Å². The van der Waals surface area contributed by atoms with Gasteiger partial charge in [-0.25, -0.2) is 13.2 Å². The monoisotopic (exact) mass is 544 g/mol. The number of nitrogens with zero attached hydrogens (tertiary/aromatic N) is 2. The molecule has 4 rings (SSSR count). The van der Waals surface area contributed by atoms with Crippen molar-refractivity contribution in [2.45, 2.75) is 76.2 Å². The van der Waals surface area contributed by atoms with Gasteiger partial charge in [-0.3, -0.25) is 4.90 Å². The zero-order chi connectivity index (χ0) is 27.4. The SMILES string of the molecule is COc1ccc(CN([C@H]2C[C@@H](C)N(C(=O)O)[C@H]2COC2CCC(c3ccccc3)CC2C)S(C)(=O)=O)cc1.